The van der Waals surface area contributed by atoms with E-state index in [4.69, 9.17) is 15.0 Å². The fraction of sp³-hybridized carbons (Fsp3) is 0.370. The van der Waals surface area contributed by atoms with Crippen molar-refractivity contribution in [1.82, 2.24) is 19.5 Å². The molecule has 0 amide bonds. The summed E-state index contributed by atoms with van der Waals surface area (Å²) in [5.41, 5.74) is 4.07. The molecule has 0 bridgehead atoms. The van der Waals surface area contributed by atoms with E-state index in [1.165, 1.54) is 11.1 Å². The van der Waals surface area contributed by atoms with Crippen molar-refractivity contribution < 1.29 is 5.11 Å². The van der Waals surface area contributed by atoms with Crippen molar-refractivity contribution in [3.63, 3.8) is 0 Å². The summed E-state index contributed by atoms with van der Waals surface area (Å²) in [5, 5.41) is 9.96. The first kappa shape index (κ1) is 22.3. The summed E-state index contributed by atoms with van der Waals surface area (Å²) in [6.07, 6.45) is 3.85. The van der Waals surface area contributed by atoms with Crippen molar-refractivity contribution in [1.29, 1.82) is 0 Å². The van der Waals surface area contributed by atoms with Gasteiger partial charge in [-0.25, -0.2) is 4.98 Å². The van der Waals surface area contributed by atoms with Crippen LogP contribution >= 0.6 is 0 Å². The molecule has 7 heteroatoms. The van der Waals surface area contributed by atoms with Crippen LogP contribution in [-0.2, 0) is 13.1 Å². The fourth-order valence-corrected chi connectivity index (χ4v) is 4.72. The highest BCUT2D eigenvalue weighted by Crippen LogP contribution is 2.32. The molecular formula is C27H32N6O. The zero-order valence-electron chi connectivity index (χ0n) is 19.9. The van der Waals surface area contributed by atoms with Crippen LogP contribution in [-0.4, -0.2) is 43.8 Å². The van der Waals surface area contributed by atoms with Gasteiger partial charge in [0.15, 0.2) is 17.0 Å². The molecule has 1 saturated heterocycles. The van der Waals surface area contributed by atoms with Crippen LogP contribution in [0.2, 0.25) is 0 Å². The first-order valence-electron chi connectivity index (χ1n) is 12.1. The quantitative estimate of drug-likeness (QED) is 0.419. The molecule has 1 aliphatic rings. The summed E-state index contributed by atoms with van der Waals surface area (Å²) in [5.74, 6) is 1.50. The predicted molar refractivity (Wildman–Crippen MR) is 136 cm³/mol. The molecular weight excluding hydrogens is 424 g/mol. The topological polar surface area (TPSA) is 70.3 Å². The second-order valence-electron chi connectivity index (χ2n) is 9.26. The highest BCUT2D eigenvalue weighted by Gasteiger charge is 2.29. The Morgan fingerprint density at radius 1 is 0.971 bits per heavy atom. The van der Waals surface area contributed by atoms with Crippen LogP contribution in [0.4, 0.5) is 11.8 Å². The molecule has 5 rings (SSSR count). The highest BCUT2D eigenvalue weighted by molar-refractivity contribution is 5.85. The molecule has 1 atom stereocenters. The Kier molecular flexibility index (Phi) is 6.45. The average Bonchev–Trinajstić information content (AvgIpc) is 3.51. The smallest absolute Gasteiger partial charge is 0.229 e. The number of benzene rings is 2. The van der Waals surface area contributed by atoms with Gasteiger partial charge < -0.3 is 19.5 Å². The number of hydrogen-bond donors (Lipinski definition) is 1. The average molecular weight is 457 g/mol. The third-order valence-electron chi connectivity index (χ3n) is 6.52. The Labute approximate surface area is 200 Å². The SMILES string of the molecule is CC(C)n1cnc2c(N(Cc3ccccc3)Cc3ccccc3)nc(N3CCCC3CO)nc21. The summed E-state index contributed by atoms with van der Waals surface area (Å²) in [6, 6.07) is 21.2. The number of aliphatic hydroxyl groups is 1. The van der Waals surface area contributed by atoms with Gasteiger partial charge in [-0.05, 0) is 37.8 Å². The van der Waals surface area contributed by atoms with Gasteiger partial charge in [0.05, 0.1) is 19.0 Å². The summed E-state index contributed by atoms with van der Waals surface area (Å²) in [6.45, 7) is 6.65. The van der Waals surface area contributed by atoms with Crippen molar-refractivity contribution in [3.05, 3.63) is 78.1 Å². The van der Waals surface area contributed by atoms with Crippen LogP contribution in [0, 0.1) is 0 Å². The molecule has 0 saturated carbocycles. The second kappa shape index (κ2) is 9.81. The maximum atomic E-state index is 9.96. The number of aliphatic hydroxyl groups excluding tert-OH is 1. The van der Waals surface area contributed by atoms with E-state index in [9.17, 15) is 5.11 Å². The highest BCUT2D eigenvalue weighted by atomic mass is 16.3. The Morgan fingerprint density at radius 3 is 2.21 bits per heavy atom. The summed E-state index contributed by atoms with van der Waals surface area (Å²) < 4.78 is 2.11. The Morgan fingerprint density at radius 2 is 1.62 bits per heavy atom. The molecule has 34 heavy (non-hydrogen) atoms. The Balaban J connectivity index is 1.65. The number of rotatable bonds is 8. The monoisotopic (exact) mass is 456 g/mol. The standard InChI is InChI=1S/C27H32N6O/c1-20(2)33-19-28-24-25(29-27(30-26(24)33)32-15-9-14-23(32)18-34)31(16-21-10-5-3-6-11-21)17-22-12-7-4-8-13-22/h3-8,10-13,19-20,23,34H,9,14-18H2,1-2H3. The van der Waals surface area contributed by atoms with Crippen LogP contribution in [0.25, 0.3) is 11.2 Å². The van der Waals surface area contributed by atoms with E-state index >= 15 is 0 Å². The molecule has 3 heterocycles. The van der Waals surface area contributed by atoms with E-state index in [-0.39, 0.29) is 18.7 Å². The molecule has 1 unspecified atom stereocenters. The third kappa shape index (κ3) is 4.48. The van der Waals surface area contributed by atoms with Gasteiger partial charge in [0, 0.05) is 25.7 Å². The van der Waals surface area contributed by atoms with Crippen molar-refractivity contribution >= 4 is 22.9 Å². The van der Waals surface area contributed by atoms with Gasteiger partial charge in [-0.1, -0.05) is 60.7 Å². The lowest BCUT2D eigenvalue weighted by molar-refractivity contribution is 0.265. The number of anilines is 2. The van der Waals surface area contributed by atoms with Gasteiger partial charge in [0.2, 0.25) is 5.95 Å². The van der Waals surface area contributed by atoms with Gasteiger partial charge in [-0.2, -0.15) is 9.97 Å². The molecule has 2 aromatic heterocycles. The predicted octanol–water partition coefficient (Wildman–Crippen LogP) is 4.58. The van der Waals surface area contributed by atoms with Gasteiger partial charge in [-0.3, -0.25) is 0 Å². The van der Waals surface area contributed by atoms with Gasteiger partial charge in [0.25, 0.3) is 0 Å². The van der Waals surface area contributed by atoms with Crippen LogP contribution in [0.15, 0.2) is 67.0 Å². The van der Waals surface area contributed by atoms with Crippen molar-refractivity contribution in [2.45, 2.75) is 51.9 Å². The van der Waals surface area contributed by atoms with Gasteiger partial charge in [0.1, 0.15) is 0 Å². The molecule has 7 nitrogen and oxygen atoms in total. The molecule has 0 radical (unpaired) electrons. The van der Waals surface area contributed by atoms with Gasteiger partial charge in [-0.15, -0.1) is 0 Å². The molecule has 4 aromatic rings. The lowest BCUT2D eigenvalue weighted by atomic mass is 10.1. The van der Waals surface area contributed by atoms with E-state index in [0.717, 1.165) is 36.4 Å². The number of nitrogens with zero attached hydrogens (tertiary/aromatic N) is 6. The first-order chi connectivity index (χ1) is 16.6. The van der Waals surface area contributed by atoms with Gasteiger partial charge >= 0.3 is 0 Å². The normalized spacial score (nSPS) is 16.0. The fourth-order valence-electron chi connectivity index (χ4n) is 4.72. The minimum atomic E-state index is 0.0532. The molecule has 1 fully saturated rings. The van der Waals surface area contributed by atoms with E-state index < -0.39 is 0 Å². The van der Waals surface area contributed by atoms with Crippen molar-refractivity contribution in [3.8, 4) is 0 Å². The minimum Gasteiger partial charge on any atom is -0.394 e. The first-order valence-corrected chi connectivity index (χ1v) is 12.1. The summed E-state index contributed by atoms with van der Waals surface area (Å²) >= 11 is 0. The molecule has 0 spiro atoms. The maximum absolute atomic E-state index is 9.96. The van der Waals surface area contributed by atoms with Crippen LogP contribution in [0.1, 0.15) is 43.9 Å². The second-order valence-corrected chi connectivity index (χ2v) is 9.26. The van der Waals surface area contributed by atoms with E-state index in [0.29, 0.717) is 19.0 Å². The molecule has 2 aromatic carbocycles. The van der Waals surface area contributed by atoms with Crippen LogP contribution in [0.3, 0.4) is 0 Å². The molecule has 1 aliphatic heterocycles. The number of aromatic nitrogens is 4. The lowest BCUT2D eigenvalue weighted by Gasteiger charge is -2.28. The molecule has 0 aliphatic carbocycles. The van der Waals surface area contributed by atoms with E-state index in [2.05, 4.69) is 76.7 Å². The van der Waals surface area contributed by atoms with Crippen molar-refractivity contribution in [2.24, 2.45) is 0 Å². The van der Waals surface area contributed by atoms with Crippen LogP contribution < -0.4 is 9.80 Å². The van der Waals surface area contributed by atoms with E-state index in [1.54, 1.807) is 0 Å². The Hall–Kier alpha value is -3.45. The molecule has 1 N–H and O–H groups in total. The maximum Gasteiger partial charge on any atom is 0.229 e. The summed E-state index contributed by atoms with van der Waals surface area (Å²) in [4.78, 5) is 19.3. The lowest BCUT2D eigenvalue weighted by Crippen LogP contribution is -2.34. The summed E-state index contributed by atoms with van der Waals surface area (Å²) in [7, 11) is 0. The van der Waals surface area contributed by atoms with E-state index in [1.807, 2.05) is 18.5 Å². The Bertz CT molecular complexity index is 1180. The minimum absolute atomic E-state index is 0.0532. The third-order valence-corrected chi connectivity index (χ3v) is 6.52. The zero-order valence-corrected chi connectivity index (χ0v) is 19.9. The number of imidazole rings is 1. The number of fused-ring (bicyclic) bond motifs is 1. The van der Waals surface area contributed by atoms with Crippen molar-refractivity contribution in [2.75, 3.05) is 23.0 Å². The zero-order chi connectivity index (χ0) is 23.5. The largest absolute Gasteiger partial charge is 0.394 e. The van der Waals surface area contributed by atoms with Crippen LogP contribution in [0.5, 0.6) is 0 Å². The number of hydrogen-bond acceptors (Lipinski definition) is 6. The molecule has 176 valence electrons.